The molecule has 0 aromatic heterocycles. The van der Waals surface area contributed by atoms with E-state index in [1.54, 1.807) is 12.1 Å². The molecule has 7 heteroatoms. The van der Waals surface area contributed by atoms with E-state index in [9.17, 15) is 13.2 Å². The molecule has 29 heavy (non-hydrogen) atoms. The van der Waals surface area contributed by atoms with Gasteiger partial charge in [0.1, 0.15) is 0 Å². The Labute approximate surface area is 172 Å². The van der Waals surface area contributed by atoms with Crippen molar-refractivity contribution in [2.45, 2.75) is 49.6 Å². The van der Waals surface area contributed by atoms with E-state index in [0.29, 0.717) is 24.7 Å². The van der Waals surface area contributed by atoms with Crippen LogP contribution in [0.2, 0.25) is 0 Å². The second-order valence-corrected chi connectivity index (χ2v) is 9.66. The highest BCUT2D eigenvalue weighted by Gasteiger charge is 2.29. The van der Waals surface area contributed by atoms with Gasteiger partial charge in [-0.2, -0.15) is 0 Å². The van der Waals surface area contributed by atoms with Crippen LogP contribution in [0.25, 0.3) is 0 Å². The second kappa shape index (κ2) is 8.16. The Hall–Kier alpha value is -2.38. The average Bonchev–Trinajstić information content (AvgIpc) is 3.52. The summed E-state index contributed by atoms with van der Waals surface area (Å²) in [7, 11) is -3.57. The summed E-state index contributed by atoms with van der Waals surface area (Å²) in [4.78, 5) is 15.1. The van der Waals surface area contributed by atoms with Gasteiger partial charge in [-0.1, -0.05) is 24.3 Å². The number of carbonyl (C=O) groups is 1. The summed E-state index contributed by atoms with van der Waals surface area (Å²) in [5, 5.41) is 3.52. The van der Waals surface area contributed by atoms with Crippen LogP contribution in [0, 0.1) is 6.92 Å². The minimum Gasteiger partial charge on any atom is -0.382 e. The monoisotopic (exact) mass is 413 g/mol. The number of rotatable bonds is 6. The van der Waals surface area contributed by atoms with Crippen LogP contribution in [-0.2, 0) is 10.0 Å². The Morgan fingerprint density at radius 2 is 1.66 bits per heavy atom. The van der Waals surface area contributed by atoms with E-state index >= 15 is 0 Å². The quantitative estimate of drug-likeness (QED) is 0.763. The lowest BCUT2D eigenvalue weighted by atomic mass is 10.0. The second-order valence-electron chi connectivity index (χ2n) is 7.95. The van der Waals surface area contributed by atoms with Gasteiger partial charge in [-0.05, 0) is 62.4 Å². The fourth-order valence-corrected chi connectivity index (χ4v) is 4.99. The molecule has 6 nitrogen and oxygen atoms in total. The number of nitrogens with one attached hydrogen (secondary N) is 2. The molecule has 4 rings (SSSR count). The molecule has 2 aromatic carbocycles. The van der Waals surface area contributed by atoms with Crippen LogP contribution in [0.1, 0.15) is 41.6 Å². The van der Waals surface area contributed by atoms with Gasteiger partial charge in [0.15, 0.2) is 0 Å². The summed E-state index contributed by atoms with van der Waals surface area (Å²) in [6.45, 7) is 3.15. The van der Waals surface area contributed by atoms with Crippen molar-refractivity contribution in [2.75, 3.05) is 18.4 Å². The van der Waals surface area contributed by atoms with Crippen LogP contribution in [0.3, 0.4) is 0 Å². The third-order valence-electron chi connectivity index (χ3n) is 5.58. The van der Waals surface area contributed by atoms with Crippen molar-refractivity contribution in [1.82, 2.24) is 9.62 Å². The number of hydrogen-bond donors (Lipinski definition) is 2. The van der Waals surface area contributed by atoms with Crippen LogP contribution in [0.15, 0.2) is 53.4 Å². The molecule has 2 N–H and O–H groups in total. The standard InChI is InChI=1S/C22H27N3O3S/c1-16-7-10-20(29(27,28)24-19-8-9-19)15-21(16)22(26)25-13-11-18(12-14-25)23-17-5-3-2-4-6-17/h2-7,10,15,18-19,23-24H,8-9,11-14H2,1H3. The number of amides is 1. The minimum absolute atomic E-state index is 0.0385. The van der Waals surface area contributed by atoms with E-state index in [1.165, 1.54) is 6.07 Å². The highest BCUT2D eigenvalue weighted by atomic mass is 32.2. The number of nitrogens with zero attached hydrogens (tertiary/aromatic N) is 1. The van der Waals surface area contributed by atoms with Gasteiger partial charge in [0.25, 0.3) is 5.91 Å². The molecule has 1 heterocycles. The Bertz CT molecular complexity index is 980. The fraction of sp³-hybridized carbons (Fsp3) is 0.409. The molecule has 154 valence electrons. The molecule has 0 unspecified atom stereocenters. The van der Waals surface area contributed by atoms with E-state index in [-0.39, 0.29) is 16.8 Å². The van der Waals surface area contributed by atoms with Crippen LogP contribution in [0.5, 0.6) is 0 Å². The molecule has 1 saturated heterocycles. The Kier molecular flexibility index (Phi) is 5.61. The van der Waals surface area contributed by atoms with E-state index < -0.39 is 10.0 Å². The molecule has 0 bridgehead atoms. The normalized spacial score (nSPS) is 17.9. The van der Waals surface area contributed by atoms with Crippen LogP contribution in [0.4, 0.5) is 5.69 Å². The predicted molar refractivity (Wildman–Crippen MR) is 114 cm³/mol. The Morgan fingerprint density at radius 3 is 2.31 bits per heavy atom. The maximum Gasteiger partial charge on any atom is 0.254 e. The maximum atomic E-state index is 13.1. The van der Waals surface area contributed by atoms with E-state index in [4.69, 9.17) is 0 Å². The lowest BCUT2D eigenvalue weighted by Crippen LogP contribution is -2.42. The SMILES string of the molecule is Cc1ccc(S(=O)(=O)NC2CC2)cc1C(=O)N1CCC(Nc2ccccc2)CC1. The Morgan fingerprint density at radius 1 is 0.966 bits per heavy atom. The first-order valence-corrected chi connectivity index (χ1v) is 11.6. The van der Waals surface area contributed by atoms with Gasteiger partial charge in [-0.25, -0.2) is 13.1 Å². The first-order chi connectivity index (χ1) is 13.9. The van der Waals surface area contributed by atoms with Gasteiger partial charge in [0.2, 0.25) is 10.0 Å². The van der Waals surface area contributed by atoms with Crippen LogP contribution >= 0.6 is 0 Å². The third-order valence-corrected chi connectivity index (χ3v) is 7.09. The summed E-state index contributed by atoms with van der Waals surface area (Å²) in [6.07, 6.45) is 3.48. The maximum absolute atomic E-state index is 13.1. The highest BCUT2D eigenvalue weighted by Crippen LogP contribution is 2.24. The smallest absolute Gasteiger partial charge is 0.254 e. The summed E-state index contributed by atoms with van der Waals surface area (Å²) in [6, 6.07) is 15.3. The zero-order valence-electron chi connectivity index (χ0n) is 16.6. The largest absolute Gasteiger partial charge is 0.382 e. The number of aryl methyl sites for hydroxylation is 1. The Balaban J connectivity index is 1.42. The number of piperidine rings is 1. The molecular formula is C22H27N3O3S. The zero-order chi connectivity index (χ0) is 20.4. The third kappa shape index (κ3) is 4.79. The van der Waals surface area contributed by atoms with Crippen molar-refractivity contribution in [3.8, 4) is 0 Å². The number of anilines is 1. The molecule has 0 atom stereocenters. The van der Waals surface area contributed by atoms with Gasteiger partial charge in [-0.15, -0.1) is 0 Å². The summed E-state index contributed by atoms with van der Waals surface area (Å²) in [5.41, 5.74) is 2.36. The average molecular weight is 414 g/mol. The van der Waals surface area contributed by atoms with Gasteiger partial charge in [-0.3, -0.25) is 4.79 Å². The summed E-state index contributed by atoms with van der Waals surface area (Å²) < 4.78 is 27.7. The topological polar surface area (TPSA) is 78.5 Å². The lowest BCUT2D eigenvalue weighted by Gasteiger charge is -2.33. The molecule has 1 amide bonds. The number of likely N-dealkylation sites (tertiary alicyclic amines) is 1. The van der Waals surface area contributed by atoms with E-state index in [2.05, 4.69) is 10.0 Å². The number of hydrogen-bond acceptors (Lipinski definition) is 4. The molecule has 1 aliphatic heterocycles. The molecule has 1 saturated carbocycles. The number of sulfonamides is 1. The van der Waals surface area contributed by atoms with Crippen LogP contribution in [-0.4, -0.2) is 44.4 Å². The number of para-hydroxylation sites is 1. The van der Waals surface area contributed by atoms with Gasteiger partial charge in [0.05, 0.1) is 4.90 Å². The van der Waals surface area contributed by atoms with Crippen molar-refractivity contribution in [1.29, 1.82) is 0 Å². The lowest BCUT2D eigenvalue weighted by molar-refractivity contribution is 0.0717. The summed E-state index contributed by atoms with van der Waals surface area (Å²) in [5.74, 6) is -0.0934. The van der Waals surface area contributed by atoms with Crippen molar-refractivity contribution in [2.24, 2.45) is 0 Å². The number of carbonyl (C=O) groups excluding carboxylic acids is 1. The van der Waals surface area contributed by atoms with Crippen molar-refractivity contribution in [3.63, 3.8) is 0 Å². The van der Waals surface area contributed by atoms with E-state index in [1.807, 2.05) is 42.2 Å². The zero-order valence-corrected chi connectivity index (χ0v) is 17.4. The van der Waals surface area contributed by atoms with Crippen molar-refractivity contribution >= 4 is 21.6 Å². The van der Waals surface area contributed by atoms with Crippen molar-refractivity contribution < 1.29 is 13.2 Å². The molecule has 0 radical (unpaired) electrons. The van der Waals surface area contributed by atoms with Gasteiger partial charge < -0.3 is 10.2 Å². The first kappa shape index (κ1) is 19.9. The summed E-state index contributed by atoms with van der Waals surface area (Å²) >= 11 is 0. The first-order valence-electron chi connectivity index (χ1n) is 10.2. The molecule has 2 fully saturated rings. The predicted octanol–water partition coefficient (Wildman–Crippen LogP) is 3.15. The molecule has 1 aliphatic carbocycles. The molecule has 0 spiro atoms. The van der Waals surface area contributed by atoms with E-state index in [0.717, 1.165) is 36.9 Å². The highest BCUT2D eigenvalue weighted by molar-refractivity contribution is 7.89. The molecule has 2 aromatic rings. The van der Waals surface area contributed by atoms with Gasteiger partial charge >= 0.3 is 0 Å². The minimum atomic E-state index is -3.57. The van der Waals surface area contributed by atoms with Gasteiger partial charge in [0, 0.05) is 36.4 Å². The van der Waals surface area contributed by atoms with Crippen molar-refractivity contribution in [3.05, 3.63) is 59.7 Å². The van der Waals surface area contributed by atoms with Crippen LogP contribution < -0.4 is 10.0 Å². The molecular weight excluding hydrogens is 386 g/mol. The molecule has 2 aliphatic rings. The fourth-order valence-electron chi connectivity index (χ4n) is 3.65. The number of benzene rings is 2.